The zero-order valence-corrected chi connectivity index (χ0v) is 15.0. The number of rotatable bonds is 3. The Labute approximate surface area is 162 Å². The maximum atomic E-state index is 12.9. The highest BCUT2D eigenvalue weighted by Crippen LogP contribution is 2.45. The zero-order chi connectivity index (χ0) is 19.3. The number of nitrogens with one attached hydrogen (secondary N) is 1. The Hall–Kier alpha value is -3.85. The lowest BCUT2D eigenvalue weighted by atomic mass is 10.1. The standard InChI is InChI=1S/C19H11N5O3S/c25-18(26)16-15-14-13(6-7-20-17(14)28-16)24(19(27)22-15)11-8-12(23-21-9-11)10-4-2-1-3-5-10/h1-9H,(H,22,27)(H,25,26). The van der Waals surface area contributed by atoms with E-state index in [1.165, 1.54) is 11.1 Å². The topological polar surface area (TPSA) is 108 Å². The molecule has 4 heterocycles. The molecule has 2 N–H and O–H groups in total. The van der Waals surface area contributed by atoms with Gasteiger partial charge in [0.15, 0.2) is 0 Å². The summed E-state index contributed by atoms with van der Waals surface area (Å²) in [4.78, 5) is 30.7. The second kappa shape index (κ2) is 6.10. The number of nitrogens with zero attached hydrogens (tertiary/aromatic N) is 4. The minimum atomic E-state index is -1.10. The molecule has 2 amide bonds. The first kappa shape index (κ1) is 16.3. The van der Waals surface area contributed by atoms with Gasteiger partial charge in [0.25, 0.3) is 0 Å². The predicted octanol–water partition coefficient (Wildman–Crippen LogP) is 4.14. The van der Waals surface area contributed by atoms with Crippen LogP contribution < -0.4 is 10.2 Å². The van der Waals surface area contributed by atoms with Crippen molar-refractivity contribution in [1.82, 2.24) is 15.2 Å². The summed E-state index contributed by atoms with van der Waals surface area (Å²) in [6, 6.07) is 12.5. The van der Waals surface area contributed by atoms with Gasteiger partial charge in [-0.3, -0.25) is 4.90 Å². The summed E-state index contributed by atoms with van der Waals surface area (Å²) in [5.41, 5.74) is 2.85. The van der Waals surface area contributed by atoms with Gasteiger partial charge in [0.05, 0.1) is 34.3 Å². The molecule has 0 saturated heterocycles. The van der Waals surface area contributed by atoms with Crippen molar-refractivity contribution in [3.8, 4) is 11.3 Å². The quantitative estimate of drug-likeness (QED) is 0.545. The third-order valence-electron chi connectivity index (χ3n) is 4.41. The van der Waals surface area contributed by atoms with Crippen LogP contribution in [0.25, 0.3) is 21.5 Å². The van der Waals surface area contributed by atoms with Crippen molar-refractivity contribution in [2.24, 2.45) is 0 Å². The zero-order valence-electron chi connectivity index (χ0n) is 14.2. The van der Waals surface area contributed by atoms with Crippen LogP contribution in [0.3, 0.4) is 0 Å². The predicted molar refractivity (Wildman–Crippen MR) is 105 cm³/mol. The van der Waals surface area contributed by atoms with Crippen molar-refractivity contribution >= 4 is 50.6 Å². The number of pyridine rings is 1. The Bertz CT molecular complexity index is 1260. The number of carbonyl (C=O) groups is 2. The number of carboxylic acids is 1. The highest BCUT2D eigenvalue weighted by atomic mass is 32.1. The summed E-state index contributed by atoms with van der Waals surface area (Å²) in [5.74, 6) is -1.10. The molecule has 0 saturated carbocycles. The summed E-state index contributed by atoms with van der Waals surface area (Å²) in [5, 5.41) is 20.9. The molecule has 9 heteroatoms. The third-order valence-corrected chi connectivity index (χ3v) is 5.49. The van der Waals surface area contributed by atoms with Crippen LogP contribution in [-0.4, -0.2) is 32.3 Å². The average Bonchev–Trinajstić information content (AvgIpc) is 3.09. The van der Waals surface area contributed by atoms with Crippen molar-refractivity contribution in [2.75, 3.05) is 10.2 Å². The van der Waals surface area contributed by atoms with E-state index in [0.29, 0.717) is 27.3 Å². The molecule has 0 fully saturated rings. The van der Waals surface area contributed by atoms with Crippen LogP contribution >= 0.6 is 11.3 Å². The SMILES string of the molecule is O=C(O)c1sc2nccc3c2c1NC(=O)N3c1cnnc(-c2ccccc2)c1. The van der Waals surface area contributed by atoms with Crippen molar-refractivity contribution in [2.45, 2.75) is 0 Å². The van der Waals surface area contributed by atoms with Crippen LogP contribution in [0, 0.1) is 0 Å². The van der Waals surface area contributed by atoms with Gasteiger partial charge in [0.2, 0.25) is 0 Å². The lowest BCUT2D eigenvalue weighted by Crippen LogP contribution is -2.34. The van der Waals surface area contributed by atoms with Gasteiger partial charge in [0.1, 0.15) is 9.71 Å². The van der Waals surface area contributed by atoms with Gasteiger partial charge in [0, 0.05) is 11.8 Å². The Morgan fingerprint density at radius 3 is 2.79 bits per heavy atom. The molecule has 1 aliphatic heterocycles. The first-order valence-electron chi connectivity index (χ1n) is 8.27. The average molecular weight is 389 g/mol. The second-order valence-corrected chi connectivity index (χ2v) is 7.05. The van der Waals surface area contributed by atoms with Gasteiger partial charge in [-0.05, 0) is 12.1 Å². The largest absolute Gasteiger partial charge is 0.477 e. The molecule has 0 unspecified atom stereocenters. The fourth-order valence-corrected chi connectivity index (χ4v) is 4.18. The number of aromatic nitrogens is 3. The van der Waals surface area contributed by atoms with E-state index in [4.69, 9.17) is 0 Å². The highest BCUT2D eigenvalue weighted by molar-refractivity contribution is 7.21. The summed E-state index contributed by atoms with van der Waals surface area (Å²) >= 11 is 1.03. The van der Waals surface area contributed by atoms with Crippen LogP contribution in [0.1, 0.15) is 9.67 Å². The van der Waals surface area contributed by atoms with Gasteiger partial charge in [-0.2, -0.15) is 10.2 Å². The number of amides is 2. The van der Waals surface area contributed by atoms with Crippen molar-refractivity contribution < 1.29 is 14.7 Å². The van der Waals surface area contributed by atoms with E-state index in [2.05, 4.69) is 20.5 Å². The minimum absolute atomic E-state index is 0.0563. The van der Waals surface area contributed by atoms with E-state index in [9.17, 15) is 14.7 Å². The van der Waals surface area contributed by atoms with Crippen molar-refractivity contribution in [3.63, 3.8) is 0 Å². The highest BCUT2D eigenvalue weighted by Gasteiger charge is 2.32. The molecule has 1 aliphatic rings. The molecular weight excluding hydrogens is 378 g/mol. The molecule has 3 aromatic heterocycles. The van der Waals surface area contributed by atoms with Crippen LogP contribution in [0.4, 0.5) is 21.9 Å². The van der Waals surface area contributed by atoms with Crippen LogP contribution in [0.15, 0.2) is 54.9 Å². The van der Waals surface area contributed by atoms with E-state index in [1.807, 2.05) is 30.3 Å². The van der Waals surface area contributed by atoms with E-state index in [-0.39, 0.29) is 10.6 Å². The molecule has 0 aliphatic carbocycles. The fraction of sp³-hybridized carbons (Fsp3) is 0. The number of thiophene rings is 1. The van der Waals surface area contributed by atoms with E-state index < -0.39 is 12.0 Å². The Morgan fingerprint density at radius 1 is 1.18 bits per heavy atom. The smallest absolute Gasteiger partial charge is 0.348 e. The summed E-state index contributed by atoms with van der Waals surface area (Å²) < 4.78 is 0. The number of anilines is 3. The maximum Gasteiger partial charge on any atom is 0.348 e. The van der Waals surface area contributed by atoms with Gasteiger partial charge in [-0.1, -0.05) is 30.3 Å². The van der Waals surface area contributed by atoms with Crippen LogP contribution in [0.5, 0.6) is 0 Å². The fourth-order valence-electron chi connectivity index (χ4n) is 3.22. The van der Waals surface area contributed by atoms with Gasteiger partial charge in [-0.15, -0.1) is 11.3 Å². The molecule has 5 rings (SSSR count). The Kier molecular flexibility index (Phi) is 3.56. The van der Waals surface area contributed by atoms with E-state index in [1.54, 1.807) is 18.3 Å². The number of benzene rings is 1. The van der Waals surface area contributed by atoms with Crippen molar-refractivity contribution in [3.05, 3.63) is 59.7 Å². The first-order valence-corrected chi connectivity index (χ1v) is 9.09. The molecule has 8 nitrogen and oxygen atoms in total. The third kappa shape index (κ3) is 2.41. The molecular formula is C19H11N5O3S. The maximum absolute atomic E-state index is 12.9. The molecule has 4 aromatic rings. The summed E-state index contributed by atoms with van der Waals surface area (Å²) in [6.07, 6.45) is 3.05. The molecule has 0 atom stereocenters. The monoisotopic (exact) mass is 389 g/mol. The Balaban J connectivity index is 1.70. The Morgan fingerprint density at radius 2 is 2.00 bits per heavy atom. The number of urea groups is 1. The number of carboxylic acid groups (broad SMARTS) is 1. The van der Waals surface area contributed by atoms with Crippen LogP contribution in [0.2, 0.25) is 0 Å². The molecule has 1 aromatic carbocycles. The van der Waals surface area contributed by atoms with Crippen LogP contribution in [-0.2, 0) is 0 Å². The number of carbonyl (C=O) groups excluding carboxylic acids is 1. The molecule has 0 radical (unpaired) electrons. The number of hydrogen-bond donors (Lipinski definition) is 2. The van der Waals surface area contributed by atoms with Gasteiger partial charge >= 0.3 is 12.0 Å². The van der Waals surface area contributed by atoms with Gasteiger partial charge in [-0.25, -0.2) is 14.6 Å². The summed E-state index contributed by atoms with van der Waals surface area (Å²) in [6.45, 7) is 0. The lowest BCUT2D eigenvalue weighted by molar-refractivity contribution is 0.0703. The molecule has 0 bridgehead atoms. The number of aromatic carboxylic acids is 1. The first-order chi connectivity index (χ1) is 13.6. The lowest BCUT2D eigenvalue weighted by Gasteiger charge is -2.28. The van der Waals surface area contributed by atoms with E-state index in [0.717, 1.165) is 16.9 Å². The molecule has 28 heavy (non-hydrogen) atoms. The summed E-state index contributed by atoms with van der Waals surface area (Å²) in [7, 11) is 0. The normalized spacial score (nSPS) is 12.9. The molecule has 136 valence electrons. The number of hydrogen-bond acceptors (Lipinski definition) is 6. The minimum Gasteiger partial charge on any atom is -0.477 e. The van der Waals surface area contributed by atoms with E-state index >= 15 is 0 Å². The molecule has 0 spiro atoms. The second-order valence-electron chi connectivity index (χ2n) is 6.05. The van der Waals surface area contributed by atoms with Gasteiger partial charge < -0.3 is 10.4 Å². The van der Waals surface area contributed by atoms with Crippen molar-refractivity contribution in [1.29, 1.82) is 0 Å².